The van der Waals surface area contributed by atoms with E-state index in [9.17, 15) is 4.39 Å². The first-order chi connectivity index (χ1) is 9.10. The molecule has 3 nitrogen and oxygen atoms in total. The molecule has 5 heteroatoms. The lowest BCUT2D eigenvalue weighted by atomic mass is 10.0. The second-order valence-corrected chi connectivity index (χ2v) is 4.82. The van der Waals surface area contributed by atoms with Crippen molar-refractivity contribution in [2.75, 3.05) is 0 Å². The number of nitrogens with two attached hydrogens (primary N) is 1. The largest absolute Gasteiger partial charge is 0.271 e. The number of aryl methyl sites for hydroxylation is 1. The molecule has 19 heavy (non-hydrogen) atoms. The van der Waals surface area contributed by atoms with Crippen molar-refractivity contribution in [1.29, 1.82) is 0 Å². The summed E-state index contributed by atoms with van der Waals surface area (Å²) in [6.07, 6.45) is 2.20. The molecule has 1 atom stereocenters. The lowest BCUT2D eigenvalue weighted by Crippen LogP contribution is -2.30. The van der Waals surface area contributed by atoms with Gasteiger partial charge in [0.05, 0.1) is 11.7 Å². The summed E-state index contributed by atoms with van der Waals surface area (Å²) in [5, 5.41) is 0.523. The second kappa shape index (κ2) is 6.10. The number of benzene rings is 1. The highest BCUT2D eigenvalue weighted by Crippen LogP contribution is 2.23. The highest BCUT2D eigenvalue weighted by molar-refractivity contribution is 6.31. The fourth-order valence-corrected chi connectivity index (χ4v) is 2.11. The minimum Gasteiger partial charge on any atom is -0.271 e. The van der Waals surface area contributed by atoms with Gasteiger partial charge in [-0.15, -0.1) is 0 Å². The van der Waals surface area contributed by atoms with Crippen molar-refractivity contribution in [1.82, 2.24) is 10.4 Å². The number of hydrazine groups is 1. The Morgan fingerprint density at radius 2 is 2.16 bits per heavy atom. The molecule has 0 saturated heterocycles. The van der Waals surface area contributed by atoms with Crippen LogP contribution in [0.25, 0.3) is 0 Å². The number of aromatic nitrogens is 1. The summed E-state index contributed by atoms with van der Waals surface area (Å²) >= 11 is 6.06. The lowest BCUT2D eigenvalue weighted by Gasteiger charge is -2.16. The zero-order valence-electron chi connectivity index (χ0n) is 10.5. The Morgan fingerprint density at radius 1 is 1.37 bits per heavy atom. The zero-order valence-corrected chi connectivity index (χ0v) is 11.3. The predicted octanol–water partition coefficient (Wildman–Crippen LogP) is 2.93. The maximum Gasteiger partial charge on any atom is 0.123 e. The van der Waals surface area contributed by atoms with Crippen molar-refractivity contribution in [2.45, 2.75) is 19.4 Å². The fraction of sp³-hybridized carbons (Fsp3) is 0.214. The molecular formula is C14H15ClFN3. The molecule has 0 aliphatic carbocycles. The summed E-state index contributed by atoms with van der Waals surface area (Å²) in [4.78, 5) is 4.28. The SMILES string of the molecule is Cc1ccnc(C(Cc2cc(F)ccc2Cl)NN)c1. The minimum absolute atomic E-state index is 0.209. The van der Waals surface area contributed by atoms with Crippen molar-refractivity contribution >= 4 is 11.6 Å². The third-order valence-electron chi connectivity index (χ3n) is 2.93. The van der Waals surface area contributed by atoms with Crippen molar-refractivity contribution in [3.05, 3.63) is 64.2 Å². The molecule has 3 N–H and O–H groups in total. The summed E-state index contributed by atoms with van der Waals surface area (Å²) in [5.74, 6) is 5.25. The van der Waals surface area contributed by atoms with Crippen LogP contribution >= 0.6 is 11.6 Å². The maximum atomic E-state index is 13.2. The molecule has 0 spiro atoms. The Kier molecular flexibility index (Phi) is 4.47. The average Bonchev–Trinajstić information content (AvgIpc) is 2.39. The normalized spacial score (nSPS) is 12.4. The van der Waals surface area contributed by atoms with Gasteiger partial charge in [0.25, 0.3) is 0 Å². The molecule has 2 rings (SSSR count). The fourth-order valence-electron chi connectivity index (χ4n) is 1.92. The summed E-state index contributed by atoms with van der Waals surface area (Å²) in [6, 6.07) is 7.94. The van der Waals surface area contributed by atoms with E-state index < -0.39 is 0 Å². The van der Waals surface area contributed by atoms with Gasteiger partial charge in [-0.3, -0.25) is 16.3 Å². The number of hydrogen-bond donors (Lipinski definition) is 2. The van der Waals surface area contributed by atoms with E-state index in [2.05, 4.69) is 10.4 Å². The maximum absolute atomic E-state index is 13.2. The molecule has 0 bridgehead atoms. The highest BCUT2D eigenvalue weighted by atomic mass is 35.5. The molecule has 1 aromatic heterocycles. The van der Waals surface area contributed by atoms with Crippen LogP contribution in [-0.2, 0) is 6.42 Å². The standard InChI is InChI=1S/C14H15ClFN3/c1-9-4-5-18-13(6-9)14(19-17)8-10-7-11(16)2-3-12(10)15/h2-7,14,19H,8,17H2,1H3. The Morgan fingerprint density at radius 3 is 2.84 bits per heavy atom. The molecule has 1 aromatic carbocycles. The number of rotatable bonds is 4. The van der Waals surface area contributed by atoms with Crippen molar-refractivity contribution in [3.8, 4) is 0 Å². The van der Waals surface area contributed by atoms with E-state index in [4.69, 9.17) is 17.4 Å². The Labute approximate surface area is 116 Å². The van der Waals surface area contributed by atoms with Crippen LogP contribution in [0.1, 0.15) is 22.9 Å². The van der Waals surface area contributed by atoms with Crippen LogP contribution in [0.3, 0.4) is 0 Å². The predicted molar refractivity (Wildman–Crippen MR) is 74.2 cm³/mol. The van der Waals surface area contributed by atoms with Gasteiger partial charge in [0.1, 0.15) is 5.82 Å². The minimum atomic E-state index is -0.313. The van der Waals surface area contributed by atoms with E-state index in [0.29, 0.717) is 17.0 Å². The van der Waals surface area contributed by atoms with Gasteiger partial charge in [-0.1, -0.05) is 11.6 Å². The van der Waals surface area contributed by atoms with Gasteiger partial charge >= 0.3 is 0 Å². The summed E-state index contributed by atoms with van der Waals surface area (Å²) in [7, 11) is 0. The van der Waals surface area contributed by atoms with Crippen LogP contribution in [0.5, 0.6) is 0 Å². The first kappa shape index (κ1) is 13.9. The lowest BCUT2D eigenvalue weighted by molar-refractivity contribution is 0.535. The van der Waals surface area contributed by atoms with E-state index in [1.807, 2.05) is 19.1 Å². The first-order valence-electron chi connectivity index (χ1n) is 5.92. The Balaban J connectivity index is 2.26. The van der Waals surface area contributed by atoms with E-state index >= 15 is 0 Å². The van der Waals surface area contributed by atoms with Gasteiger partial charge in [0, 0.05) is 11.2 Å². The molecule has 2 aromatic rings. The van der Waals surface area contributed by atoms with E-state index in [-0.39, 0.29) is 11.9 Å². The molecule has 0 saturated carbocycles. The first-order valence-corrected chi connectivity index (χ1v) is 6.30. The number of halogens is 2. The van der Waals surface area contributed by atoms with Crippen LogP contribution in [0.4, 0.5) is 4.39 Å². The zero-order chi connectivity index (χ0) is 13.8. The number of hydrogen-bond acceptors (Lipinski definition) is 3. The van der Waals surface area contributed by atoms with E-state index in [1.165, 1.54) is 12.1 Å². The van der Waals surface area contributed by atoms with Gasteiger partial charge in [-0.05, 0) is 54.8 Å². The van der Waals surface area contributed by atoms with Gasteiger partial charge in [0.15, 0.2) is 0 Å². The van der Waals surface area contributed by atoms with Crippen LogP contribution in [0.2, 0.25) is 5.02 Å². The van der Waals surface area contributed by atoms with E-state index in [0.717, 1.165) is 11.3 Å². The molecular weight excluding hydrogens is 265 g/mol. The van der Waals surface area contributed by atoms with Crippen LogP contribution in [0.15, 0.2) is 36.5 Å². The molecule has 0 amide bonds. The third-order valence-corrected chi connectivity index (χ3v) is 3.30. The number of pyridine rings is 1. The summed E-state index contributed by atoms with van der Waals surface area (Å²) in [5.41, 5.74) is 5.30. The van der Waals surface area contributed by atoms with Crippen molar-refractivity contribution < 1.29 is 4.39 Å². The van der Waals surface area contributed by atoms with Gasteiger partial charge in [0.2, 0.25) is 0 Å². The topological polar surface area (TPSA) is 50.9 Å². The summed E-state index contributed by atoms with van der Waals surface area (Å²) < 4.78 is 13.2. The summed E-state index contributed by atoms with van der Waals surface area (Å²) in [6.45, 7) is 1.98. The van der Waals surface area contributed by atoms with Crippen LogP contribution < -0.4 is 11.3 Å². The highest BCUT2D eigenvalue weighted by Gasteiger charge is 2.14. The van der Waals surface area contributed by atoms with Crippen LogP contribution in [0, 0.1) is 12.7 Å². The quantitative estimate of drug-likeness (QED) is 0.668. The monoisotopic (exact) mass is 279 g/mol. The Bertz CT molecular complexity index is 574. The Hall–Kier alpha value is -1.49. The molecule has 1 heterocycles. The van der Waals surface area contributed by atoms with Crippen LogP contribution in [-0.4, -0.2) is 4.98 Å². The second-order valence-electron chi connectivity index (χ2n) is 4.42. The average molecular weight is 280 g/mol. The number of nitrogens with one attached hydrogen (secondary N) is 1. The number of nitrogens with zero attached hydrogens (tertiary/aromatic N) is 1. The molecule has 100 valence electrons. The van der Waals surface area contributed by atoms with Gasteiger partial charge in [-0.2, -0.15) is 0 Å². The van der Waals surface area contributed by atoms with Crippen molar-refractivity contribution in [3.63, 3.8) is 0 Å². The molecule has 0 aliphatic rings. The van der Waals surface area contributed by atoms with Gasteiger partial charge < -0.3 is 0 Å². The molecule has 0 radical (unpaired) electrons. The molecule has 0 aliphatic heterocycles. The molecule has 1 unspecified atom stereocenters. The molecule has 0 fully saturated rings. The smallest absolute Gasteiger partial charge is 0.123 e. The van der Waals surface area contributed by atoms with Crippen molar-refractivity contribution in [2.24, 2.45) is 5.84 Å². The van der Waals surface area contributed by atoms with E-state index in [1.54, 1.807) is 12.3 Å². The third kappa shape index (κ3) is 3.50. The van der Waals surface area contributed by atoms with Gasteiger partial charge in [-0.25, -0.2) is 4.39 Å².